The Bertz CT molecular complexity index is 634. The van der Waals surface area contributed by atoms with Crippen LogP contribution in [0.3, 0.4) is 0 Å². The number of hydrogen-bond donors (Lipinski definition) is 2. The summed E-state index contributed by atoms with van der Waals surface area (Å²) in [4.78, 5) is 23.1. The molecule has 0 saturated heterocycles. The van der Waals surface area contributed by atoms with Gasteiger partial charge in [-0.1, -0.05) is 62.2 Å². The molecular weight excluding hydrogens is 347 g/mol. The highest BCUT2D eigenvalue weighted by Gasteiger charge is 2.31. The van der Waals surface area contributed by atoms with Gasteiger partial charge in [-0.05, 0) is 37.0 Å². The van der Waals surface area contributed by atoms with Crippen LogP contribution in [0.15, 0.2) is 24.3 Å². The van der Waals surface area contributed by atoms with Gasteiger partial charge < -0.3 is 10.6 Å². The van der Waals surface area contributed by atoms with E-state index in [9.17, 15) is 9.59 Å². The van der Waals surface area contributed by atoms with Gasteiger partial charge >= 0.3 is 0 Å². The Labute approximate surface area is 153 Å². The van der Waals surface area contributed by atoms with Crippen LogP contribution >= 0.6 is 23.2 Å². The first-order valence-corrected chi connectivity index (χ1v) is 8.38. The van der Waals surface area contributed by atoms with Crippen molar-refractivity contribution in [2.75, 3.05) is 0 Å². The second kappa shape index (κ2) is 8.04. The molecule has 0 aliphatic heterocycles. The molecule has 2 N–H and O–H groups in total. The van der Waals surface area contributed by atoms with Gasteiger partial charge in [0.05, 0.1) is 6.04 Å². The van der Waals surface area contributed by atoms with Gasteiger partial charge in [0.2, 0.25) is 12.3 Å². The highest BCUT2D eigenvalue weighted by molar-refractivity contribution is 6.35. The van der Waals surface area contributed by atoms with Crippen LogP contribution in [-0.2, 0) is 9.59 Å². The van der Waals surface area contributed by atoms with E-state index < -0.39 is 5.54 Å². The number of nitrogens with one attached hydrogen (secondary N) is 2. The van der Waals surface area contributed by atoms with Gasteiger partial charge in [0.25, 0.3) is 0 Å². The van der Waals surface area contributed by atoms with Gasteiger partial charge in [-0.25, -0.2) is 0 Å². The normalized spacial score (nSPS) is 13.6. The smallest absolute Gasteiger partial charge is 0.245 e. The SMILES string of the molecule is CC(C)(NC=O)C(=O)N[C@H](/C=C/c1ccc(Cl)cc1Cl)C(C)(C)C. The number of halogens is 2. The van der Waals surface area contributed by atoms with E-state index in [0.29, 0.717) is 16.5 Å². The van der Waals surface area contributed by atoms with Crippen molar-refractivity contribution in [3.63, 3.8) is 0 Å². The second-order valence-corrected chi connectivity index (χ2v) is 8.07. The van der Waals surface area contributed by atoms with Crippen LogP contribution in [0.25, 0.3) is 6.08 Å². The molecule has 0 fully saturated rings. The molecular formula is C18H24Cl2N2O2. The summed E-state index contributed by atoms with van der Waals surface area (Å²) in [5, 5.41) is 6.59. The van der Waals surface area contributed by atoms with Crippen LogP contribution in [-0.4, -0.2) is 23.9 Å². The minimum absolute atomic E-state index is 0.220. The molecule has 1 aromatic carbocycles. The van der Waals surface area contributed by atoms with Gasteiger partial charge in [-0.3, -0.25) is 9.59 Å². The standard InChI is InChI=1S/C18H24Cl2N2O2/c1-17(2,3)15(22-16(24)18(4,5)21-11-23)9-7-12-6-8-13(19)10-14(12)20/h6-11,15H,1-5H3,(H,21,23)(H,22,24)/b9-7+/t15-/m1/s1. The minimum Gasteiger partial charge on any atom is -0.347 e. The average Bonchev–Trinajstić information content (AvgIpc) is 2.43. The molecule has 6 heteroatoms. The molecule has 1 aromatic rings. The fourth-order valence-corrected chi connectivity index (χ4v) is 2.40. The van der Waals surface area contributed by atoms with E-state index in [-0.39, 0.29) is 17.4 Å². The quantitative estimate of drug-likeness (QED) is 0.741. The maximum atomic E-state index is 12.4. The summed E-state index contributed by atoms with van der Waals surface area (Å²) in [6, 6.07) is 5.00. The van der Waals surface area contributed by atoms with Crippen molar-refractivity contribution < 1.29 is 9.59 Å². The maximum Gasteiger partial charge on any atom is 0.245 e. The van der Waals surface area contributed by atoms with Crippen LogP contribution in [0.2, 0.25) is 10.0 Å². The first-order valence-electron chi connectivity index (χ1n) is 7.63. The molecule has 0 aromatic heterocycles. The monoisotopic (exact) mass is 370 g/mol. The highest BCUT2D eigenvalue weighted by atomic mass is 35.5. The number of benzene rings is 1. The molecule has 1 atom stereocenters. The Kier molecular flexibility index (Phi) is 6.87. The molecule has 0 unspecified atom stereocenters. The van der Waals surface area contributed by atoms with Crippen molar-refractivity contribution in [2.45, 2.75) is 46.2 Å². The van der Waals surface area contributed by atoms with Crippen molar-refractivity contribution in [1.29, 1.82) is 0 Å². The number of carbonyl (C=O) groups is 2. The van der Waals surface area contributed by atoms with Crippen LogP contribution in [0.5, 0.6) is 0 Å². The van der Waals surface area contributed by atoms with Crippen molar-refractivity contribution in [3.8, 4) is 0 Å². The van der Waals surface area contributed by atoms with Gasteiger partial charge in [-0.15, -0.1) is 0 Å². The van der Waals surface area contributed by atoms with E-state index in [4.69, 9.17) is 23.2 Å². The highest BCUT2D eigenvalue weighted by Crippen LogP contribution is 2.25. The van der Waals surface area contributed by atoms with Crippen molar-refractivity contribution >= 4 is 41.6 Å². The Morgan fingerprint density at radius 3 is 2.29 bits per heavy atom. The summed E-state index contributed by atoms with van der Waals surface area (Å²) in [5.74, 6) is -0.263. The van der Waals surface area contributed by atoms with E-state index in [1.165, 1.54) is 0 Å². The molecule has 24 heavy (non-hydrogen) atoms. The summed E-state index contributed by atoms with van der Waals surface area (Å²) in [7, 11) is 0. The zero-order valence-corrected chi connectivity index (χ0v) is 16.1. The van der Waals surface area contributed by atoms with Crippen LogP contribution in [0.1, 0.15) is 40.2 Å². The lowest BCUT2D eigenvalue weighted by atomic mass is 9.85. The van der Waals surface area contributed by atoms with Crippen LogP contribution < -0.4 is 10.6 Å². The fourth-order valence-electron chi connectivity index (χ4n) is 1.92. The maximum absolute atomic E-state index is 12.4. The molecule has 0 bridgehead atoms. The van der Waals surface area contributed by atoms with Crippen LogP contribution in [0.4, 0.5) is 0 Å². The third-order valence-corrected chi connectivity index (χ3v) is 4.20. The Hall–Kier alpha value is -1.52. The van der Waals surface area contributed by atoms with Crippen LogP contribution in [0, 0.1) is 5.41 Å². The lowest BCUT2D eigenvalue weighted by Gasteiger charge is -2.32. The molecule has 1 rings (SSSR count). The van der Waals surface area contributed by atoms with E-state index >= 15 is 0 Å². The molecule has 0 saturated carbocycles. The van der Waals surface area contributed by atoms with Gasteiger partial charge in [0.1, 0.15) is 5.54 Å². The zero-order chi connectivity index (χ0) is 18.5. The minimum atomic E-state index is -0.989. The van der Waals surface area contributed by atoms with Gasteiger partial charge in [-0.2, -0.15) is 0 Å². The first-order chi connectivity index (χ1) is 11.0. The average molecular weight is 371 g/mol. The summed E-state index contributed by atoms with van der Waals surface area (Å²) < 4.78 is 0. The van der Waals surface area contributed by atoms with E-state index in [1.54, 1.807) is 26.0 Å². The Morgan fingerprint density at radius 2 is 1.79 bits per heavy atom. The Balaban J connectivity index is 3.00. The lowest BCUT2D eigenvalue weighted by molar-refractivity contribution is -0.129. The number of carbonyl (C=O) groups excluding carboxylic acids is 2. The number of hydrogen-bond acceptors (Lipinski definition) is 2. The van der Waals surface area contributed by atoms with E-state index in [1.807, 2.05) is 39.0 Å². The predicted octanol–water partition coefficient (Wildman–Crippen LogP) is 4.06. The van der Waals surface area contributed by atoms with Crippen molar-refractivity contribution in [3.05, 3.63) is 39.9 Å². The summed E-state index contributed by atoms with van der Waals surface area (Å²) in [5.41, 5.74) is -0.394. The molecule has 0 aliphatic carbocycles. The van der Waals surface area contributed by atoms with Gasteiger partial charge in [0, 0.05) is 10.0 Å². The molecule has 4 nitrogen and oxygen atoms in total. The third-order valence-electron chi connectivity index (χ3n) is 3.64. The van der Waals surface area contributed by atoms with E-state index in [2.05, 4.69) is 10.6 Å². The summed E-state index contributed by atoms with van der Waals surface area (Å²) in [6.07, 6.45) is 4.27. The molecule has 132 valence electrons. The molecule has 0 radical (unpaired) electrons. The number of amides is 2. The molecule has 0 spiro atoms. The van der Waals surface area contributed by atoms with E-state index in [0.717, 1.165) is 5.56 Å². The molecule has 0 aliphatic rings. The Morgan fingerprint density at radius 1 is 1.17 bits per heavy atom. The first kappa shape index (κ1) is 20.5. The van der Waals surface area contributed by atoms with Crippen molar-refractivity contribution in [1.82, 2.24) is 10.6 Å². The fraction of sp³-hybridized carbons (Fsp3) is 0.444. The lowest BCUT2D eigenvalue weighted by Crippen LogP contribution is -2.56. The number of rotatable bonds is 6. The second-order valence-electron chi connectivity index (χ2n) is 7.23. The summed E-state index contributed by atoms with van der Waals surface area (Å²) in [6.45, 7) is 9.36. The largest absolute Gasteiger partial charge is 0.347 e. The topological polar surface area (TPSA) is 58.2 Å². The molecule has 0 heterocycles. The third kappa shape index (κ3) is 5.84. The van der Waals surface area contributed by atoms with Gasteiger partial charge in [0.15, 0.2) is 0 Å². The summed E-state index contributed by atoms with van der Waals surface area (Å²) >= 11 is 12.1. The zero-order valence-electron chi connectivity index (χ0n) is 14.6. The van der Waals surface area contributed by atoms with Crippen molar-refractivity contribution in [2.24, 2.45) is 5.41 Å². The predicted molar refractivity (Wildman–Crippen MR) is 100 cm³/mol. The molecule has 2 amide bonds.